The van der Waals surface area contributed by atoms with E-state index in [1.54, 1.807) is 20.0 Å². The van der Waals surface area contributed by atoms with Gasteiger partial charge >= 0.3 is 0 Å². The first-order chi connectivity index (χ1) is 8.40. The first-order valence-electron chi connectivity index (χ1n) is 5.96. The monoisotopic (exact) mass is 256 g/mol. The average Bonchev–Trinajstić information content (AvgIpc) is 2.33. The molecule has 6 nitrogen and oxygen atoms in total. The van der Waals surface area contributed by atoms with Gasteiger partial charge in [0.2, 0.25) is 11.8 Å². The van der Waals surface area contributed by atoms with Crippen LogP contribution in [-0.2, 0) is 9.59 Å². The zero-order valence-electron chi connectivity index (χ0n) is 11.6. The van der Waals surface area contributed by atoms with Crippen LogP contribution in [0.1, 0.15) is 6.92 Å². The van der Waals surface area contributed by atoms with Crippen molar-refractivity contribution in [1.29, 1.82) is 0 Å². The minimum Gasteiger partial charge on any atom is -0.353 e. The summed E-state index contributed by atoms with van der Waals surface area (Å²) in [5.74, 6) is -0.385. The van der Waals surface area contributed by atoms with Gasteiger partial charge in [0.25, 0.3) is 0 Å². The molecule has 0 aliphatic carbocycles. The zero-order chi connectivity index (χ0) is 14.1. The van der Waals surface area contributed by atoms with Crippen LogP contribution < -0.4 is 11.1 Å². The number of rotatable bonds is 7. The molecular weight excluding hydrogens is 232 g/mol. The Morgan fingerprint density at radius 1 is 1.33 bits per heavy atom. The maximum atomic E-state index is 11.8. The molecule has 0 aliphatic heterocycles. The first kappa shape index (κ1) is 16.6. The van der Waals surface area contributed by atoms with Crippen molar-refractivity contribution in [3.05, 3.63) is 12.2 Å². The Hall–Kier alpha value is -1.40. The molecule has 0 aliphatic rings. The maximum Gasteiger partial charge on any atom is 0.246 e. The van der Waals surface area contributed by atoms with Crippen molar-refractivity contribution in [2.24, 2.45) is 5.73 Å². The van der Waals surface area contributed by atoms with Gasteiger partial charge in [-0.25, -0.2) is 0 Å². The SMILES string of the molecule is C[C@@H](C(=O)NCCN)N(C)C(=O)/C=C/CN(C)C. The number of nitrogens with one attached hydrogen (secondary N) is 1. The minimum atomic E-state index is -0.506. The summed E-state index contributed by atoms with van der Waals surface area (Å²) in [6, 6.07) is -0.506. The van der Waals surface area contributed by atoms with Gasteiger partial charge in [0.1, 0.15) is 6.04 Å². The first-order valence-corrected chi connectivity index (χ1v) is 5.96. The Morgan fingerprint density at radius 3 is 2.44 bits per heavy atom. The van der Waals surface area contributed by atoms with E-state index in [1.165, 1.54) is 11.0 Å². The highest BCUT2D eigenvalue weighted by Gasteiger charge is 2.20. The standard InChI is InChI=1S/C12H24N4O2/c1-10(12(18)14-8-7-13)16(4)11(17)6-5-9-15(2)3/h5-6,10H,7-9,13H2,1-4H3,(H,14,18)/b6-5+/t10-/m0/s1. The normalized spacial score (nSPS) is 12.8. The molecule has 0 fully saturated rings. The molecule has 104 valence electrons. The second-order valence-corrected chi connectivity index (χ2v) is 4.37. The number of carbonyl (C=O) groups is 2. The van der Waals surface area contributed by atoms with Crippen LogP contribution in [0.25, 0.3) is 0 Å². The Morgan fingerprint density at radius 2 is 1.94 bits per heavy atom. The smallest absolute Gasteiger partial charge is 0.246 e. The van der Waals surface area contributed by atoms with Gasteiger partial charge < -0.3 is 20.9 Å². The molecule has 0 rings (SSSR count). The van der Waals surface area contributed by atoms with Crippen LogP contribution in [0.3, 0.4) is 0 Å². The highest BCUT2D eigenvalue weighted by molar-refractivity contribution is 5.92. The van der Waals surface area contributed by atoms with E-state index in [0.29, 0.717) is 19.6 Å². The topological polar surface area (TPSA) is 78.7 Å². The molecule has 3 N–H and O–H groups in total. The fourth-order valence-corrected chi connectivity index (χ4v) is 1.19. The number of hydrogen-bond acceptors (Lipinski definition) is 4. The lowest BCUT2D eigenvalue weighted by Gasteiger charge is -2.22. The van der Waals surface area contributed by atoms with Crippen LogP contribution in [0.2, 0.25) is 0 Å². The van der Waals surface area contributed by atoms with E-state index >= 15 is 0 Å². The Balaban J connectivity index is 4.27. The van der Waals surface area contributed by atoms with Crippen LogP contribution in [0.4, 0.5) is 0 Å². The summed E-state index contributed by atoms with van der Waals surface area (Å²) in [5, 5.41) is 2.65. The molecule has 0 aromatic heterocycles. The van der Waals surface area contributed by atoms with Crippen molar-refractivity contribution in [3.63, 3.8) is 0 Å². The largest absolute Gasteiger partial charge is 0.353 e. The van der Waals surface area contributed by atoms with Crippen molar-refractivity contribution in [3.8, 4) is 0 Å². The lowest BCUT2D eigenvalue weighted by atomic mass is 10.2. The molecular formula is C12H24N4O2. The van der Waals surface area contributed by atoms with E-state index < -0.39 is 6.04 Å². The van der Waals surface area contributed by atoms with Crippen LogP contribution in [0.15, 0.2) is 12.2 Å². The summed E-state index contributed by atoms with van der Waals surface area (Å²) < 4.78 is 0. The number of nitrogens with two attached hydrogens (primary N) is 1. The molecule has 18 heavy (non-hydrogen) atoms. The third kappa shape index (κ3) is 6.36. The van der Waals surface area contributed by atoms with Crippen molar-refractivity contribution < 1.29 is 9.59 Å². The molecule has 0 radical (unpaired) electrons. The van der Waals surface area contributed by atoms with Crippen LogP contribution in [-0.4, -0.2) is 68.4 Å². The summed E-state index contributed by atoms with van der Waals surface area (Å²) in [6.45, 7) is 3.18. The third-order valence-electron chi connectivity index (χ3n) is 2.48. The van der Waals surface area contributed by atoms with Crippen molar-refractivity contribution >= 4 is 11.8 Å². The Kier molecular flexibility index (Phi) is 7.98. The van der Waals surface area contributed by atoms with Gasteiger partial charge in [-0.2, -0.15) is 0 Å². The lowest BCUT2D eigenvalue weighted by molar-refractivity contribution is -0.135. The Labute approximate surface area is 109 Å². The molecule has 6 heteroatoms. The summed E-state index contributed by atoms with van der Waals surface area (Å²) in [6.07, 6.45) is 3.25. The lowest BCUT2D eigenvalue weighted by Crippen LogP contribution is -2.46. The third-order valence-corrected chi connectivity index (χ3v) is 2.48. The second-order valence-electron chi connectivity index (χ2n) is 4.37. The van der Waals surface area contributed by atoms with Gasteiger partial charge in [0.15, 0.2) is 0 Å². The van der Waals surface area contributed by atoms with Gasteiger partial charge in [0.05, 0.1) is 0 Å². The molecule has 0 saturated heterocycles. The number of hydrogen-bond donors (Lipinski definition) is 2. The number of likely N-dealkylation sites (N-methyl/N-ethyl adjacent to an activating group) is 2. The van der Waals surface area contributed by atoms with Crippen molar-refractivity contribution in [1.82, 2.24) is 15.1 Å². The quantitative estimate of drug-likeness (QED) is 0.574. The zero-order valence-corrected chi connectivity index (χ0v) is 11.6. The summed E-state index contributed by atoms with van der Waals surface area (Å²) in [7, 11) is 5.44. The predicted molar refractivity (Wildman–Crippen MR) is 72.0 cm³/mol. The number of nitrogens with zero attached hydrogens (tertiary/aromatic N) is 2. The highest BCUT2D eigenvalue weighted by atomic mass is 16.2. The summed E-state index contributed by atoms with van der Waals surface area (Å²) in [5.41, 5.74) is 5.30. The molecule has 0 spiro atoms. The van der Waals surface area contributed by atoms with E-state index in [9.17, 15) is 9.59 Å². The highest BCUT2D eigenvalue weighted by Crippen LogP contribution is 1.97. The fraction of sp³-hybridized carbons (Fsp3) is 0.667. The summed E-state index contributed by atoms with van der Waals surface area (Å²) >= 11 is 0. The van der Waals surface area contributed by atoms with Crippen LogP contribution in [0.5, 0.6) is 0 Å². The van der Waals surface area contributed by atoms with E-state index in [0.717, 1.165) is 0 Å². The molecule has 0 heterocycles. The van der Waals surface area contributed by atoms with Crippen LogP contribution in [0, 0.1) is 0 Å². The fourth-order valence-electron chi connectivity index (χ4n) is 1.19. The summed E-state index contributed by atoms with van der Waals surface area (Å²) in [4.78, 5) is 26.7. The molecule has 2 amide bonds. The molecule has 1 atom stereocenters. The van der Waals surface area contributed by atoms with Crippen molar-refractivity contribution in [2.45, 2.75) is 13.0 Å². The molecule has 0 aromatic rings. The number of carbonyl (C=O) groups excluding carboxylic acids is 2. The maximum absolute atomic E-state index is 11.8. The van der Waals surface area contributed by atoms with Crippen LogP contribution >= 0.6 is 0 Å². The second kappa shape index (κ2) is 8.66. The van der Waals surface area contributed by atoms with E-state index in [-0.39, 0.29) is 11.8 Å². The van der Waals surface area contributed by atoms with Gasteiger partial charge in [-0.3, -0.25) is 9.59 Å². The van der Waals surface area contributed by atoms with E-state index in [2.05, 4.69) is 5.32 Å². The van der Waals surface area contributed by atoms with E-state index in [1.807, 2.05) is 19.0 Å². The molecule has 0 bridgehead atoms. The van der Waals surface area contributed by atoms with Crippen molar-refractivity contribution in [2.75, 3.05) is 40.8 Å². The molecule has 0 aromatic carbocycles. The van der Waals surface area contributed by atoms with Gasteiger partial charge in [-0.1, -0.05) is 6.08 Å². The van der Waals surface area contributed by atoms with Gasteiger partial charge in [-0.05, 0) is 21.0 Å². The molecule has 0 saturated carbocycles. The average molecular weight is 256 g/mol. The van der Waals surface area contributed by atoms with E-state index in [4.69, 9.17) is 5.73 Å². The minimum absolute atomic E-state index is 0.188. The molecule has 0 unspecified atom stereocenters. The number of amides is 2. The van der Waals surface area contributed by atoms with Gasteiger partial charge in [-0.15, -0.1) is 0 Å². The predicted octanol–water partition coefficient (Wildman–Crippen LogP) is -0.974. The van der Waals surface area contributed by atoms with Gasteiger partial charge in [0, 0.05) is 32.8 Å². The Bertz CT molecular complexity index is 302.